The van der Waals surface area contributed by atoms with Gasteiger partial charge in [-0.25, -0.2) is 4.39 Å². The molecule has 122 valence electrons. The zero-order valence-corrected chi connectivity index (χ0v) is 12.9. The lowest BCUT2D eigenvalue weighted by Crippen LogP contribution is -2.44. The summed E-state index contributed by atoms with van der Waals surface area (Å²) < 4.78 is 18.5. The molecular formula is C18H14FNO4. The van der Waals surface area contributed by atoms with Crippen molar-refractivity contribution < 1.29 is 23.5 Å². The van der Waals surface area contributed by atoms with Crippen molar-refractivity contribution >= 4 is 17.6 Å². The van der Waals surface area contributed by atoms with Crippen LogP contribution < -0.4 is 4.74 Å². The molecule has 0 bridgehead atoms. The van der Waals surface area contributed by atoms with Crippen molar-refractivity contribution in [3.8, 4) is 5.75 Å². The lowest BCUT2D eigenvalue weighted by Gasteiger charge is -2.19. The van der Waals surface area contributed by atoms with E-state index in [0.717, 1.165) is 17.0 Å². The first kappa shape index (κ1) is 15.9. The number of hydrogen-bond donors (Lipinski definition) is 0. The van der Waals surface area contributed by atoms with Crippen LogP contribution >= 0.6 is 0 Å². The molecule has 0 aliphatic carbocycles. The average Bonchev–Trinajstić information content (AvgIpc) is 2.66. The highest BCUT2D eigenvalue weighted by atomic mass is 19.1. The van der Waals surface area contributed by atoms with E-state index in [1.165, 1.54) is 19.1 Å². The second-order valence-electron chi connectivity index (χ2n) is 5.42. The molecule has 0 aromatic heterocycles. The summed E-state index contributed by atoms with van der Waals surface area (Å²) in [5.74, 6) is -1.80. The van der Waals surface area contributed by atoms with Crippen LogP contribution in [0, 0.1) is 5.82 Å². The molecule has 0 radical (unpaired) electrons. The number of Topliss-reactive ketones (excluding diaryl/α,β-unsaturated/α-hetero) is 1. The molecule has 3 rings (SSSR count). The van der Waals surface area contributed by atoms with E-state index in [4.69, 9.17) is 4.74 Å². The molecule has 0 saturated carbocycles. The number of ether oxygens (including phenoxy) is 1. The summed E-state index contributed by atoms with van der Waals surface area (Å²) in [6, 6.07) is 11.4. The molecule has 0 unspecified atom stereocenters. The summed E-state index contributed by atoms with van der Waals surface area (Å²) in [5, 5.41) is 0. The molecule has 24 heavy (non-hydrogen) atoms. The number of amides is 2. The number of fused-ring (bicyclic) bond motifs is 1. The number of nitrogens with zero attached hydrogens (tertiary/aromatic N) is 1. The van der Waals surface area contributed by atoms with E-state index in [2.05, 4.69) is 0 Å². The predicted molar refractivity (Wildman–Crippen MR) is 83.3 cm³/mol. The van der Waals surface area contributed by atoms with Gasteiger partial charge in [-0.1, -0.05) is 12.1 Å². The third kappa shape index (κ3) is 2.90. The van der Waals surface area contributed by atoms with E-state index < -0.39 is 36.1 Å². The summed E-state index contributed by atoms with van der Waals surface area (Å²) in [5.41, 5.74) is 0.449. The van der Waals surface area contributed by atoms with E-state index >= 15 is 0 Å². The number of rotatable bonds is 3. The monoisotopic (exact) mass is 327 g/mol. The average molecular weight is 327 g/mol. The third-order valence-electron chi connectivity index (χ3n) is 3.75. The molecule has 6 heteroatoms. The number of benzene rings is 2. The minimum atomic E-state index is -0.890. The fourth-order valence-corrected chi connectivity index (χ4v) is 2.47. The van der Waals surface area contributed by atoms with Gasteiger partial charge in [0.25, 0.3) is 11.8 Å². The van der Waals surface area contributed by atoms with Crippen molar-refractivity contribution in [3.05, 3.63) is 65.5 Å². The van der Waals surface area contributed by atoms with Gasteiger partial charge in [0.2, 0.25) is 0 Å². The van der Waals surface area contributed by atoms with Crippen molar-refractivity contribution in [1.82, 2.24) is 4.90 Å². The number of para-hydroxylation sites is 1. The van der Waals surface area contributed by atoms with Crippen LogP contribution in [0.25, 0.3) is 0 Å². The van der Waals surface area contributed by atoms with Crippen LogP contribution in [0.5, 0.6) is 5.75 Å². The minimum Gasteiger partial charge on any atom is -0.480 e. The summed E-state index contributed by atoms with van der Waals surface area (Å²) in [7, 11) is 0. The minimum absolute atomic E-state index is 0.224. The van der Waals surface area contributed by atoms with Gasteiger partial charge >= 0.3 is 0 Å². The topological polar surface area (TPSA) is 63.7 Å². The fraction of sp³-hybridized carbons (Fsp3) is 0.167. The number of carbonyl (C=O) groups is 3. The highest BCUT2D eigenvalue weighted by Crippen LogP contribution is 2.25. The van der Waals surface area contributed by atoms with E-state index in [-0.39, 0.29) is 11.1 Å². The van der Waals surface area contributed by atoms with Gasteiger partial charge in [0, 0.05) is 5.56 Å². The summed E-state index contributed by atoms with van der Waals surface area (Å²) in [4.78, 5) is 38.3. The molecule has 2 aromatic carbocycles. The van der Waals surface area contributed by atoms with Crippen LogP contribution in [0.1, 0.15) is 27.6 Å². The SMILES string of the molecule is C[C@H]1Oc2ccccc2C(=O)N(CC(=O)c2ccc(F)cc2)C1=O. The van der Waals surface area contributed by atoms with Gasteiger partial charge in [-0.2, -0.15) is 0 Å². The Morgan fingerprint density at radius 2 is 1.79 bits per heavy atom. The zero-order chi connectivity index (χ0) is 17.3. The van der Waals surface area contributed by atoms with Gasteiger partial charge in [-0.3, -0.25) is 19.3 Å². The predicted octanol–water partition coefficient (Wildman–Crippen LogP) is 2.46. The number of carbonyl (C=O) groups excluding carboxylic acids is 3. The second kappa shape index (κ2) is 6.23. The fourth-order valence-electron chi connectivity index (χ4n) is 2.47. The molecule has 2 amide bonds. The first-order valence-electron chi connectivity index (χ1n) is 7.37. The Morgan fingerprint density at radius 1 is 1.12 bits per heavy atom. The van der Waals surface area contributed by atoms with Crippen molar-refractivity contribution in [2.24, 2.45) is 0 Å². The Labute approximate surface area is 137 Å². The zero-order valence-electron chi connectivity index (χ0n) is 12.9. The van der Waals surface area contributed by atoms with E-state index in [1.807, 2.05) is 0 Å². The summed E-state index contributed by atoms with van der Waals surface area (Å²) in [6.07, 6.45) is -0.890. The quantitative estimate of drug-likeness (QED) is 0.642. The largest absolute Gasteiger partial charge is 0.480 e. The normalized spacial score (nSPS) is 17.1. The maximum absolute atomic E-state index is 13.0. The Morgan fingerprint density at radius 3 is 2.50 bits per heavy atom. The Kier molecular flexibility index (Phi) is 4.12. The van der Waals surface area contributed by atoms with Crippen LogP contribution in [0.2, 0.25) is 0 Å². The number of hydrogen-bond acceptors (Lipinski definition) is 4. The van der Waals surface area contributed by atoms with Crippen molar-refractivity contribution in [2.45, 2.75) is 13.0 Å². The van der Waals surface area contributed by atoms with Crippen molar-refractivity contribution in [2.75, 3.05) is 6.54 Å². The molecule has 2 aromatic rings. The molecule has 1 atom stereocenters. The second-order valence-corrected chi connectivity index (χ2v) is 5.42. The first-order valence-corrected chi connectivity index (χ1v) is 7.37. The smallest absolute Gasteiger partial charge is 0.270 e. The van der Waals surface area contributed by atoms with Crippen LogP contribution in [-0.2, 0) is 4.79 Å². The molecule has 0 fully saturated rings. The van der Waals surface area contributed by atoms with Crippen LogP contribution in [0.4, 0.5) is 4.39 Å². The molecule has 1 heterocycles. The molecule has 0 saturated heterocycles. The molecule has 5 nitrogen and oxygen atoms in total. The molecule has 1 aliphatic heterocycles. The van der Waals surface area contributed by atoms with Gasteiger partial charge in [-0.05, 0) is 43.3 Å². The van der Waals surface area contributed by atoms with E-state index in [0.29, 0.717) is 5.75 Å². The van der Waals surface area contributed by atoms with Gasteiger partial charge in [0.05, 0.1) is 12.1 Å². The van der Waals surface area contributed by atoms with Crippen molar-refractivity contribution in [1.29, 1.82) is 0 Å². The van der Waals surface area contributed by atoms with Gasteiger partial charge in [0.1, 0.15) is 11.6 Å². The third-order valence-corrected chi connectivity index (χ3v) is 3.75. The summed E-state index contributed by atoms with van der Waals surface area (Å²) >= 11 is 0. The molecule has 1 aliphatic rings. The Hall–Kier alpha value is -3.02. The van der Waals surface area contributed by atoms with Crippen molar-refractivity contribution in [3.63, 3.8) is 0 Å². The standard InChI is InChI=1S/C18H14FNO4/c1-11-17(22)20(10-15(21)12-6-8-13(19)9-7-12)18(23)14-4-2-3-5-16(14)24-11/h2-9,11H,10H2,1H3/t11-/m1/s1. The molecular weight excluding hydrogens is 313 g/mol. The number of halogens is 1. The first-order chi connectivity index (χ1) is 11.5. The summed E-state index contributed by atoms with van der Waals surface area (Å²) in [6.45, 7) is 1.10. The van der Waals surface area contributed by atoms with Crippen LogP contribution in [0.3, 0.4) is 0 Å². The van der Waals surface area contributed by atoms with E-state index in [1.54, 1.807) is 24.3 Å². The van der Waals surface area contributed by atoms with Gasteiger partial charge < -0.3 is 4.74 Å². The Balaban J connectivity index is 1.91. The van der Waals surface area contributed by atoms with Gasteiger partial charge in [-0.15, -0.1) is 0 Å². The highest BCUT2D eigenvalue weighted by molar-refractivity contribution is 6.12. The maximum atomic E-state index is 13.0. The Bertz CT molecular complexity index is 816. The maximum Gasteiger partial charge on any atom is 0.270 e. The highest BCUT2D eigenvalue weighted by Gasteiger charge is 2.35. The lowest BCUT2D eigenvalue weighted by molar-refractivity contribution is -0.134. The van der Waals surface area contributed by atoms with Crippen LogP contribution in [-0.4, -0.2) is 35.1 Å². The molecule has 0 N–H and O–H groups in total. The van der Waals surface area contributed by atoms with Gasteiger partial charge in [0.15, 0.2) is 11.9 Å². The van der Waals surface area contributed by atoms with E-state index in [9.17, 15) is 18.8 Å². The van der Waals surface area contributed by atoms with Crippen LogP contribution in [0.15, 0.2) is 48.5 Å². The number of imide groups is 1. The lowest BCUT2D eigenvalue weighted by atomic mass is 10.1. The number of ketones is 1. The molecule has 0 spiro atoms.